The molecule has 1 unspecified atom stereocenters. The summed E-state index contributed by atoms with van der Waals surface area (Å²) in [4.78, 5) is 0.267. The van der Waals surface area contributed by atoms with Gasteiger partial charge in [0.2, 0.25) is 10.0 Å². The number of sulfonamides is 1. The van der Waals surface area contributed by atoms with Crippen molar-refractivity contribution in [1.82, 2.24) is 4.72 Å². The topological polar surface area (TPSA) is 81.4 Å². The second kappa shape index (κ2) is 5.11. The number of hydrogen-bond acceptors (Lipinski definition) is 4. The first kappa shape index (κ1) is 14.3. The summed E-state index contributed by atoms with van der Waals surface area (Å²) < 4.78 is 33.0. The van der Waals surface area contributed by atoms with Gasteiger partial charge in [0.15, 0.2) is 0 Å². The smallest absolute Gasteiger partial charge is 0.241 e. The second-order valence-corrected chi connectivity index (χ2v) is 6.84. The fourth-order valence-corrected chi connectivity index (χ4v) is 4.01. The predicted molar refractivity (Wildman–Crippen MR) is 74.4 cm³/mol. The molecule has 1 aliphatic heterocycles. The SMILES string of the molecule is CCc1ccc(N)cc1S(=O)(=O)NC1(C)CCOC1. The summed E-state index contributed by atoms with van der Waals surface area (Å²) in [5.74, 6) is 0. The number of benzene rings is 1. The fraction of sp³-hybridized carbons (Fsp3) is 0.538. The minimum atomic E-state index is -3.58. The average Bonchev–Trinajstić information content (AvgIpc) is 2.74. The highest BCUT2D eigenvalue weighted by Gasteiger charge is 2.35. The summed E-state index contributed by atoms with van der Waals surface area (Å²) in [5, 5.41) is 0. The molecule has 1 aliphatic rings. The number of ether oxygens (including phenoxy) is 1. The molecule has 0 radical (unpaired) electrons. The number of rotatable bonds is 4. The molecule has 0 spiro atoms. The molecule has 3 N–H and O–H groups in total. The van der Waals surface area contributed by atoms with E-state index in [9.17, 15) is 8.42 Å². The number of nitrogen functional groups attached to an aromatic ring is 1. The van der Waals surface area contributed by atoms with Crippen LogP contribution in [0.4, 0.5) is 5.69 Å². The van der Waals surface area contributed by atoms with Crippen LogP contribution in [-0.2, 0) is 21.2 Å². The number of aryl methyl sites for hydroxylation is 1. The van der Waals surface area contributed by atoms with Gasteiger partial charge in [0.1, 0.15) is 0 Å². The molecular formula is C13H20N2O3S. The molecule has 1 aromatic carbocycles. The molecule has 106 valence electrons. The van der Waals surface area contributed by atoms with Gasteiger partial charge in [-0.1, -0.05) is 13.0 Å². The van der Waals surface area contributed by atoms with Crippen LogP contribution in [0.3, 0.4) is 0 Å². The maximum Gasteiger partial charge on any atom is 0.241 e. The fourth-order valence-electron chi connectivity index (χ4n) is 2.24. The Labute approximate surface area is 114 Å². The van der Waals surface area contributed by atoms with Crippen molar-refractivity contribution < 1.29 is 13.2 Å². The first-order chi connectivity index (χ1) is 8.86. The standard InChI is InChI=1S/C13H20N2O3S/c1-3-10-4-5-11(14)8-12(10)19(16,17)15-13(2)6-7-18-9-13/h4-5,8,15H,3,6-7,9,14H2,1-2H3. The zero-order valence-electron chi connectivity index (χ0n) is 11.3. The predicted octanol–water partition coefficient (Wildman–Crippen LogP) is 1.29. The van der Waals surface area contributed by atoms with E-state index < -0.39 is 15.6 Å². The second-order valence-electron chi connectivity index (χ2n) is 5.19. The highest BCUT2D eigenvalue weighted by atomic mass is 32.2. The van der Waals surface area contributed by atoms with Gasteiger partial charge in [0, 0.05) is 12.3 Å². The number of nitrogens with two attached hydrogens (primary N) is 1. The van der Waals surface area contributed by atoms with Gasteiger partial charge >= 0.3 is 0 Å². The molecule has 0 saturated carbocycles. The van der Waals surface area contributed by atoms with Gasteiger partial charge in [-0.3, -0.25) is 0 Å². The summed E-state index contributed by atoms with van der Waals surface area (Å²) in [7, 11) is -3.58. The van der Waals surface area contributed by atoms with Crippen LogP contribution >= 0.6 is 0 Å². The van der Waals surface area contributed by atoms with Crippen molar-refractivity contribution >= 4 is 15.7 Å². The molecule has 0 amide bonds. The quantitative estimate of drug-likeness (QED) is 0.816. The van der Waals surface area contributed by atoms with E-state index >= 15 is 0 Å². The van der Waals surface area contributed by atoms with Crippen molar-refractivity contribution in [2.45, 2.75) is 37.1 Å². The van der Waals surface area contributed by atoms with Crippen molar-refractivity contribution in [2.75, 3.05) is 18.9 Å². The van der Waals surface area contributed by atoms with E-state index in [-0.39, 0.29) is 4.90 Å². The van der Waals surface area contributed by atoms with Crippen molar-refractivity contribution in [1.29, 1.82) is 0 Å². The minimum Gasteiger partial charge on any atom is -0.399 e. The van der Waals surface area contributed by atoms with Crippen molar-refractivity contribution in [3.05, 3.63) is 23.8 Å². The first-order valence-corrected chi connectivity index (χ1v) is 7.85. The van der Waals surface area contributed by atoms with Crippen LogP contribution in [0.5, 0.6) is 0 Å². The monoisotopic (exact) mass is 284 g/mol. The number of nitrogens with one attached hydrogen (secondary N) is 1. The van der Waals surface area contributed by atoms with Gasteiger partial charge in [-0.05, 0) is 37.5 Å². The Bertz CT molecular complexity index is 563. The Morgan fingerprint density at radius 2 is 2.21 bits per heavy atom. The lowest BCUT2D eigenvalue weighted by Gasteiger charge is -2.24. The summed E-state index contributed by atoms with van der Waals surface area (Å²) in [5.41, 5.74) is 6.39. The lowest BCUT2D eigenvalue weighted by Crippen LogP contribution is -2.46. The van der Waals surface area contributed by atoms with Crippen LogP contribution in [0.2, 0.25) is 0 Å². The summed E-state index contributed by atoms with van der Waals surface area (Å²) >= 11 is 0. The average molecular weight is 284 g/mol. The Hall–Kier alpha value is -1.11. The maximum atomic E-state index is 12.5. The molecule has 1 atom stereocenters. The third kappa shape index (κ3) is 3.08. The first-order valence-electron chi connectivity index (χ1n) is 6.36. The molecule has 1 fully saturated rings. The molecule has 0 bridgehead atoms. The van der Waals surface area contributed by atoms with Gasteiger partial charge in [0.25, 0.3) is 0 Å². The van der Waals surface area contributed by atoms with E-state index in [1.54, 1.807) is 12.1 Å². The summed E-state index contributed by atoms with van der Waals surface area (Å²) in [6.07, 6.45) is 1.32. The van der Waals surface area contributed by atoms with Crippen LogP contribution in [-0.4, -0.2) is 27.2 Å². The lowest BCUT2D eigenvalue weighted by atomic mass is 10.0. The van der Waals surface area contributed by atoms with E-state index in [0.717, 1.165) is 5.56 Å². The largest absolute Gasteiger partial charge is 0.399 e. The molecule has 1 saturated heterocycles. The molecule has 5 nitrogen and oxygen atoms in total. The Balaban J connectivity index is 2.36. The molecule has 6 heteroatoms. The number of hydrogen-bond donors (Lipinski definition) is 2. The van der Waals surface area contributed by atoms with E-state index in [4.69, 9.17) is 10.5 Å². The zero-order valence-corrected chi connectivity index (χ0v) is 12.1. The van der Waals surface area contributed by atoms with Gasteiger partial charge in [-0.2, -0.15) is 0 Å². The Morgan fingerprint density at radius 3 is 2.79 bits per heavy atom. The lowest BCUT2D eigenvalue weighted by molar-refractivity contribution is 0.178. The molecule has 1 heterocycles. The van der Waals surface area contributed by atoms with Gasteiger partial charge < -0.3 is 10.5 Å². The third-order valence-electron chi connectivity index (χ3n) is 3.36. The molecule has 19 heavy (non-hydrogen) atoms. The van der Waals surface area contributed by atoms with Crippen molar-refractivity contribution in [3.8, 4) is 0 Å². The van der Waals surface area contributed by atoms with Crippen molar-refractivity contribution in [3.63, 3.8) is 0 Å². The molecule has 0 aromatic heterocycles. The Kier molecular flexibility index (Phi) is 3.85. The highest BCUT2D eigenvalue weighted by molar-refractivity contribution is 7.89. The highest BCUT2D eigenvalue weighted by Crippen LogP contribution is 2.24. The third-order valence-corrected chi connectivity index (χ3v) is 5.08. The Morgan fingerprint density at radius 1 is 1.47 bits per heavy atom. The summed E-state index contributed by atoms with van der Waals surface area (Å²) in [6.45, 7) is 4.76. The van der Waals surface area contributed by atoms with Crippen LogP contribution in [0.15, 0.2) is 23.1 Å². The van der Waals surface area contributed by atoms with Crippen LogP contribution in [0.25, 0.3) is 0 Å². The van der Waals surface area contributed by atoms with E-state index in [1.165, 1.54) is 6.07 Å². The normalized spacial score (nSPS) is 23.7. The van der Waals surface area contributed by atoms with Gasteiger partial charge in [-0.25, -0.2) is 13.1 Å². The molecular weight excluding hydrogens is 264 g/mol. The van der Waals surface area contributed by atoms with Crippen LogP contribution in [0.1, 0.15) is 25.8 Å². The van der Waals surface area contributed by atoms with E-state index in [1.807, 2.05) is 13.8 Å². The molecule has 2 rings (SSSR count). The van der Waals surface area contributed by atoms with E-state index in [0.29, 0.717) is 31.7 Å². The van der Waals surface area contributed by atoms with Gasteiger partial charge in [0.05, 0.1) is 17.0 Å². The van der Waals surface area contributed by atoms with Crippen LogP contribution < -0.4 is 10.5 Å². The summed E-state index contributed by atoms with van der Waals surface area (Å²) in [6, 6.07) is 5.00. The minimum absolute atomic E-state index is 0.267. The molecule has 0 aliphatic carbocycles. The van der Waals surface area contributed by atoms with Gasteiger partial charge in [-0.15, -0.1) is 0 Å². The van der Waals surface area contributed by atoms with Crippen molar-refractivity contribution in [2.24, 2.45) is 0 Å². The van der Waals surface area contributed by atoms with E-state index in [2.05, 4.69) is 4.72 Å². The zero-order chi connectivity index (χ0) is 14.1. The van der Waals surface area contributed by atoms with Crippen LogP contribution in [0, 0.1) is 0 Å². The molecule has 1 aromatic rings. The number of anilines is 1. The maximum absolute atomic E-state index is 12.5.